The van der Waals surface area contributed by atoms with E-state index in [2.05, 4.69) is 30.7 Å². The molecular formula is C15H17ClN8O3. The number of nitrogens with zero attached hydrogens (tertiary/aromatic N) is 7. The number of hydrogen-bond acceptors (Lipinski definition) is 9. The average molecular weight is 393 g/mol. The van der Waals surface area contributed by atoms with Gasteiger partial charge in [0, 0.05) is 31.8 Å². The zero-order chi connectivity index (χ0) is 18.1. The molecule has 1 saturated heterocycles. The zero-order valence-electron chi connectivity index (χ0n) is 14.3. The Balaban J connectivity index is 0.00000210. The second-order valence-electron chi connectivity index (χ2n) is 5.98. The van der Waals surface area contributed by atoms with E-state index in [4.69, 9.17) is 4.52 Å². The first-order chi connectivity index (χ1) is 12.6. The molecule has 142 valence electrons. The first-order valence-electron chi connectivity index (χ1n) is 8.04. The van der Waals surface area contributed by atoms with Crippen molar-refractivity contribution in [2.45, 2.75) is 6.04 Å². The van der Waals surface area contributed by atoms with Gasteiger partial charge in [0.1, 0.15) is 0 Å². The maximum absolute atomic E-state index is 10.9. The standard InChI is InChI=1S/C15H16N8O3.ClH/c1-21-6-5-16-8-13(21)14-17-15(26-19-14)12-9-22(20-18-12)10-3-2-4-11(7-10)23(24)25;/h2-4,7,9,13,16H,5-6,8H2,1H3;1H. The van der Waals surface area contributed by atoms with Crippen molar-refractivity contribution in [2.24, 2.45) is 0 Å². The number of aromatic nitrogens is 5. The summed E-state index contributed by atoms with van der Waals surface area (Å²) in [5.74, 6) is 0.843. The maximum atomic E-state index is 10.9. The van der Waals surface area contributed by atoms with Crippen LogP contribution in [0.15, 0.2) is 35.0 Å². The van der Waals surface area contributed by atoms with Crippen LogP contribution in [0.1, 0.15) is 11.9 Å². The molecule has 3 aromatic rings. The van der Waals surface area contributed by atoms with Crippen LogP contribution in [0.3, 0.4) is 0 Å². The molecule has 11 nitrogen and oxygen atoms in total. The third-order valence-corrected chi connectivity index (χ3v) is 4.27. The van der Waals surface area contributed by atoms with E-state index in [0.29, 0.717) is 17.2 Å². The smallest absolute Gasteiger partial charge is 0.280 e. The predicted molar refractivity (Wildman–Crippen MR) is 96.8 cm³/mol. The number of hydrogen-bond donors (Lipinski definition) is 1. The van der Waals surface area contributed by atoms with Gasteiger partial charge in [-0.2, -0.15) is 4.98 Å². The van der Waals surface area contributed by atoms with Crippen LogP contribution in [0.4, 0.5) is 5.69 Å². The summed E-state index contributed by atoms with van der Waals surface area (Å²) in [5, 5.41) is 26.3. The molecule has 0 bridgehead atoms. The minimum atomic E-state index is -0.458. The van der Waals surface area contributed by atoms with Crippen molar-refractivity contribution in [1.82, 2.24) is 35.4 Å². The molecule has 0 radical (unpaired) electrons. The molecule has 12 heteroatoms. The fraction of sp³-hybridized carbons (Fsp3) is 0.333. The summed E-state index contributed by atoms with van der Waals surface area (Å²) >= 11 is 0. The van der Waals surface area contributed by atoms with E-state index in [9.17, 15) is 10.1 Å². The molecular weight excluding hydrogens is 376 g/mol. The van der Waals surface area contributed by atoms with Crippen LogP contribution in [0.5, 0.6) is 0 Å². The van der Waals surface area contributed by atoms with Crippen LogP contribution in [0, 0.1) is 10.1 Å². The van der Waals surface area contributed by atoms with Gasteiger partial charge in [0.2, 0.25) is 0 Å². The Hall–Kier alpha value is -2.89. The summed E-state index contributed by atoms with van der Waals surface area (Å²) in [5.41, 5.74) is 0.906. The van der Waals surface area contributed by atoms with Crippen molar-refractivity contribution in [2.75, 3.05) is 26.7 Å². The molecule has 1 atom stereocenters. The van der Waals surface area contributed by atoms with E-state index in [1.807, 2.05) is 7.05 Å². The lowest BCUT2D eigenvalue weighted by Crippen LogP contribution is -2.44. The molecule has 1 aromatic carbocycles. The van der Waals surface area contributed by atoms with Crippen LogP contribution in [-0.4, -0.2) is 61.6 Å². The van der Waals surface area contributed by atoms with Gasteiger partial charge in [0.15, 0.2) is 11.5 Å². The molecule has 1 N–H and O–H groups in total. The van der Waals surface area contributed by atoms with Crippen LogP contribution in [0.25, 0.3) is 17.3 Å². The lowest BCUT2D eigenvalue weighted by molar-refractivity contribution is -0.384. The van der Waals surface area contributed by atoms with Crippen molar-refractivity contribution in [3.05, 3.63) is 46.4 Å². The van der Waals surface area contributed by atoms with E-state index in [-0.39, 0.29) is 30.0 Å². The summed E-state index contributed by atoms with van der Waals surface area (Å²) in [6, 6.07) is 6.16. The number of piperazine rings is 1. The number of benzene rings is 1. The minimum Gasteiger partial charge on any atom is -0.332 e. The lowest BCUT2D eigenvalue weighted by atomic mass is 10.2. The number of likely N-dealkylation sites (N-methyl/N-ethyl adjacent to an activating group) is 1. The van der Waals surface area contributed by atoms with Crippen molar-refractivity contribution < 1.29 is 9.45 Å². The number of non-ortho nitro benzene ring substituents is 1. The van der Waals surface area contributed by atoms with Gasteiger partial charge in [0.25, 0.3) is 11.6 Å². The van der Waals surface area contributed by atoms with Crippen LogP contribution in [-0.2, 0) is 0 Å². The predicted octanol–water partition coefficient (Wildman–Crippen LogP) is 1.22. The van der Waals surface area contributed by atoms with E-state index in [1.165, 1.54) is 16.8 Å². The van der Waals surface area contributed by atoms with E-state index < -0.39 is 4.92 Å². The Morgan fingerprint density at radius 2 is 2.26 bits per heavy atom. The number of halogens is 1. The topological polar surface area (TPSA) is 128 Å². The molecule has 1 fully saturated rings. The average Bonchev–Trinajstić information content (AvgIpc) is 3.32. The lowest BCUT2D eigenvalue weighted by Gasteiger charge is -2.30. The van der Waals surface area contributed by atoms with Gasteiger partial charge in [-0.3, -0.25) is 15.0 Å². The third-order valence-electron chi connectivity index (χ3n) is 4.27. The van der Waals surface area contributed by atoms with Crippen molar-refractivity contribution in [3.8, 4) is 17.3 Å². The fourth-order valence-corrected chi connectivity index (χ4v) is 2.81. The van der Waals surface area contributed by atoms with Gasteiger partial charge in [-0.15, -0.1) is 17.5 Å². The molecule has 3 heterocycles. The zero-order valence-corrected chi connectivity index (χ0v) is 15.2. The maximum Gasteiger partial charge on any atom is 0.280 e. The fourth-order valence-electron chi connectivity index (χ4n) is 2.81. The van der Waals surface area contributed by atoms with Gasteiger partial charge in [0.05, 0.1) is 22.8 Å². The van der Waals surface area contributed by atoms with Crippen LogP contribution < -0.4 is 5.32 Å². The largest absolute Gasteiger partial charge is 0.332 e. The number of nitrogens with one attached hydrogen (secondary N) is 1. The van der Waals surface area contributed by atoms with Crippen molar-refractivity contribution >= 4 is 18.1 Å². The highest BCUT2D eigenvalue weighted by Gasteiger charge is 2.26. The second kappa shape index (κ2) is 7.78. The molecule has 2 aromatic heterocycles. The van der Waals surface area contributed by atoms with Gasteiger partial charge >= 0.3 is 0 Å². The highest BCUT2D eigenvalue weighted by molar-refractivity contribution is 5.85. The Morgan fingerprint density at radius 1 is 1.41 bits per heavy atom. The summed E-state index contributed by atoms with van der Waals surface area (Å²) in [6.07, 6.45) is 1.60. The normalized spacial score (nSPS) is 17.4. The summed E-state index contributed by atoms with van der Waals surface area (Å²) in [6.45, 7) is 2.57. The molecule has 1 unspecified atom stereocenters. The Kier molecular flexibility index (Phi) is 5.44. The summed E-state index contributed by atoms with van der Waals surface area (Å²) in [7, 11) is 2.01. The molecule has 1 aliphatic rings. The molecule has 4 rings (SSSR count). The van der Waals surface area contributed by atoms with E-state index in [0.717, 1.165) is 19.6 Å². The van der Waals surface area contributed by atoms with E-state index in [1.54, 1.807) is 18.3 Å². The minimum absolute atomic E-state index is 0. The number of nitro benzene ring substituents is 1. The first kappa shape index (κ1) is 18.9. The molecule has 0 saturated carbocycles. The van der Waals surface area contributed by atoms with Gasteiger partial charge in [-0.25, -0.2) is 4.68 Å². The first-order valence-corrected chi connectivity index (χ1v) is 8.04. The van der Waals surface area contributed by atoms with Crippen molar-refractivity contribution in [1.29, 1.82) is 0 Å². The molecule has 27 heavy (non-hydrogen) atoms. The number of rotatable bonds is 4. The highest BCUT2D eigenvalue weighted by atomic mass is 35.5. The molecule has 1 aliphatic heterocycles. The van der Waals surface area contributed by atoms with Crippen molar-refractivity contribution in [3.63, 3.8) is 0 Å². The Bertz CT molecular complexity index is 943. The quantitative estimate of drug-likeness (QED) is 0.514. The summed E-state index contributed by atoms with van der Waals surface area (Å²) < 4.78 is 6.75. The highest BCUT2D eigenvalue weighted by Crippen LogP contribution is 2.22. The SMILES string of the molecule is CN1CCNCC1c1noc(-c2cn(-c3cccc([N+](=O)[O-])c3)nn2)n1.Cl. The van der Waals surface area contributed by atoms with Gasteiger partial charge in [-0.05, 0) is 13.1 Å². The molecule has 0 aliphatic carbocycles. The molecule has 0 amide bonds. The van der Waals surface area contributed by atoms with Crippen LogP contribution >= 0.6 is 12.4 Å². The monoisotopic (exact) mass is 392 g/mol. The van der Waals surface area contributed by atoms with E-state index >= 15 is 0 Å². The third kappa shape index (κ3) is 3.79. The Labute approximate surface area is 159 Å². The molecule has 0 spiro atoms. The Morgan fingerprint density at radius 3 is 3.04 bits per heavy atom. The van der Waals surface area contributed by atoms with Gasteiger partial charge in [-0.1, -0.05) is 16.4 Å². The van der Waals surface area contributed by atoms with Gasteiger partial charge < -0.3 is 9.84 Å². The second-order valence-corrected chi connectivity index (χ2v) is 5.98. The van der Waals surface area contributed by atoms with Crippen LogP contribution in [0.2, 0.25) is 0 Å². The summed E-state index contributed by atoms with van der Waals surface area (Å²) in [4.78, 5) is 17.0. The number of nitro groups is 1.